The van der Waals surface area contributed by atoms with Crippen LogP contribution in [-0.4, -0.2) is 18.1 Å². The minimum atomic E-state index is 0.272. The van der Waals surface area contributed by atoms with Crippen LogP contribution in [0.1, 0.15) is 12.5 Å². The van der Waals surface area contributed by atoms with Crippen molar-refractivity contribution < 1.29 is 4.42 Å². The standard InChI is InChI=1S/C22H20N2O/c1-14-8-10-19-18-11-9-16-6-4-5-7-17(16)21(18)25-22(19)20(14)24-13-12-23(3)15(24)2/h4-13,15H,1-3H3/t15-/m0/s1. The minimum absolute atomic E-state index is 0.272. The van der Waals surface area contributed by atoms with Crippen molar-refractivity contribution in [3.05, 3.63) is 66.5 Å². The van der Waals surface area contributed by atoms with Crippen LogP contribution in [-0.2, 0) is 0 Å². The Bertz CT molecular complexity index is 1160. The molecule has 0 bridgehead atoms. The Balaban J connectivity index is 1.88. The molecule has 3 nitrogen and oxygen atoms in total. The molecule has 4 aromatic rings. The zero-order valence-corrected chi connectivity index (χ0v) is 14.7. The van der Waals surface area contributed by atoms with Crippen molar-refractivity contribution in [2.24, 2.45) is 0 Å². The van der Waals surface area contributed by atoms with Crippen LogP contribution in [0, 0.1) is 6.92 Å². The molecule has 0 aliphatic carbocycles. The van der Waals surface area contributed by atoms with Gasteiger partial charge in [-0.1, -0.05) is 42.5 Å². The summed E-state index contributed by atoms with van der Waals surface area (Å²) in [4.78, 5) is 4.50. The Morgan fingerprint density at radius 1 is 0.840 bits per heavy atom. The van der Waals surface area contributed by atoms with Gasteiger partial charge in [0.25, 0.3) is 0 Å². The number of anilines is 1. The molecule has 1 atom stereocenters. The Kier molecular flexibility index (Phi) is 2.90. The maximum Gasteiger partial charge on any atom is 0.159 e. The number of furan rings is 1. The summed E-state index contributed by atoms with van der Waals surface area (Å²) in [6, 6.07) is 17.1. The van der Waals surface area contributed by atoms with Crippen LogP contribution in [0.25, 0.3) is 32.7 Å². The van der Waals surface area contributed by atoms with Gasteiger partial charge >= 0.3 is 0 Å². The van der Waals surface area contributed by atoms with Crippen molar-refractivity contribution in [3.8, 4) is 0 Å². The summed E-state index contributed by atoms with van der Waals surface area (Å²) < 4.78 is 6.48. The second kappa shape index (κ2) is 5.03. The second-order valence-electron chi connectivity index (χ2n) is 6.88. The number of fused-ring (bicyclic) bond motifs is 5. The van der Waals surface area contributed by atoms with Gasteiger partial charge in [-0.25, -0.2) is 0 Å². The number of rotatable bonds is 1. The minimum Gasteiger partial charge on any atom is -0.453 e. The van der Waals surface area contributed by atoms with Gasteiger partial charge in [0, 0.05) is 35.6 Å². The molecule has 1 aliphatic heterocycles. The summed E-state index contributed by atoms with van der Waals surface area (Å²) in [7, 11) is 2.10. The topological polar surface area (TPSA) is 19.6 Å². The van der Waals surface area contributed by atoms with E-state index in [0.717, 1.165) is 16.9 Å². The van der Waals surface area contributed by atoms with E-state index >= 15 is 0 Å². The molecule has 0 N–H and O–H groups in total. The molecule has 0 unspecified atom stereocenters. The van der Waals surface area contributed by atoms with E-state index in [-0.39, 0.29) is 6.17 Å². The molecule has 2 heterocycles. The van der Waals surface area contributed by atoms with Crippen molar-refractivity contribution >= 4 is 38.4 Å². The van der Waals surface area contributed by atoms with E-state index in [0.29, 0.717) is 0 Å². The third-order valence-electron chi connectivity index (χ3n) is 5.42. The Labute approximate surface area is 146 Å². The fourth-order valence-corrected chi connectivity index (χ4v) is 3.86. The first-order valence-electron chi connectivity index (χ1n) is 8.67. The zero-order valence-electron chi connectivity index (χ0n) is 14.7. The predicted octanol–water partition coefficient (Wildman–Crippen LogP) is 5.62. The molecule has 0 saturated carbocycles. The number of benzene rings is 3. The lowest BCUT2D eigenvalue weighted by atomic mass is 10.0. The molecule has 0 amide bonds. The van der Waals surface area contributed by atoms with Gasteiger partial charge in [0.05, 0.1) is 5.69 Å². The first kappa shape index (κ1) is 14.4. The highest BCUT2D eigenvalue weighted by Gasteiger charge is 2.25. The van der Waals surface area contributed by atoms with Crippen molar-refractivity contribution in [1.29, 1.82) is 0 Å². The number of hydrogen-bond acceptors (Lipinski definition) is 3. The van der Waals surface area contributed by atoms with Crippen LogP contribution in [0.5, 0.6) is 0 Å². The van der Waals surface area contributed by atoms with E-state index in [1.54, 1.807) is 0 Å². The molecule has 25 heavy (non-hydrogen) atoms. The Morgan fingerprint density at radius 2 is 1.60 bits per heavy atom. The van der Waals surface area contributed by atoms with Crippen LogP contribution in [0.15, 0.2) is 65.3 Å². The molecule has 0 spiro atoms. The molecular weight excluding hydrogens is 308 g/mol. The highest BCUT2D eigenvalue weighted by atomic mass is 16.3. The van der Waals surface area contributed by atoms with Crippen molar-refractivity contribution in [2.75, 3.05) is 11.9 Å². The second-order valence-corrected chi connectivity index (χ2v) is 6.88. The smallest absolute Gasteiger partial charge is 0.159 e. The van der Waals surface area contributed by atoms with E-state index < -0.39 is 0 Å². The Morgan fingerprint density at radius 3 is 2.40 bits per heavy atom. The summed E-state index contributed by atoms with van der Waals surface area (Å²) in [5, 5.41) is 4.74. The fourth-order valence-electron chi connectivity index (χ4n) is 3.86. The lowest BCUT2D eigenvalue weighted by molar-refractivity contribution is 0.383. The van der Waals surface area contributed by atoms with Gasteiger partial charge in [-0.3, -0.25) is 0 Å². The first-order valence-corrected chi connectivity index (χ1v) is 8.67. The molecule has 5 rings (SSSR count). The summed E-state index contributed by atoms with van der Waals surface area (Å²) in [6.07, 6.45) is 4.52. The molecule has 3 aromatic carbocycles. The van der Waals surface area contributed by atoms with Crippen LogP contribution < -0.4 is 4.90 Å². The molecule has 124 valence electrons. The molecule has 1 aliphatic rings. The first-order chi connectivity index (χ1) is 12.1. The normalized spacial score (nSPS) is 17.5. The van der Waals surface area contributed by atoms with Crippen LogP contribution >= 0.6 is 0 Å². The monoisotopic (exact) mass is 328 g/mol. The van der Waals surface area contributed by atoms with Gasteiger partial charge < -0.3 is 14.2 Å². The quantitative estimate of drug-likeness (QED) is 0.452. The van der Waals surface area contributed by atoms with Crippen LogP contribution in [0.3, 0.4) is 0 Å². The van der Waals surface area contributed by atoms with Crippen LogP contribution in [0.2, 0.25) is 0 Å². The fraction of sp³-hybridized carbons (Fsp3) is 0.182. The largest absolute Gasteiger partial charge is 0.453 e. The van der Waals surface area contributed by atoms with Gasteiger partial charge in [-0.15, -0.1) is 0 Å². The molecule has 0 saturated heterocycles. The lowest BCUT2D eigenvalue weighted by Crippen LogP contribution is -2.33. The average Bonchev–Trinajstić information content (AvgIpc) is 3.16. The van der Waals surface area contributed by atoms with Gasteiger partial charge in [0.2, 0.25) is 0 Å². The van der Waals surface area contributed by atoms with Crippen LogP contribution in [0.4, 0.5) is 5.69 Å². The van der Waals surface area contributed by atoms with Crippen molar-refractivity contribution in [3.63, 3.8) is 0 Å². The number of aryl methyl sites for hydroxylation is 1. The third kappa shape index (κ3) is 1.92. The summed E-state index contributed by atoms with van der Waals surface area (Å²) in [6.45, 7) is 4.36. The van der Waals surface area contributed by atoms with E-state index in [1.807, 2.05) is 0 Å². The molecule has 0 fully saturated rings. The SMILES string of the molecule is Cc1ccc2c(oc3c4ccccc4ccc23)c1N1C=CN(C)[C@@H]1C. The molecular formula is C22H20N2O. The molecule has 1 aromatic heterocycles. The summed E-state index contributed by atoms with van der Waals surface area (Å²) >= 11 is 0. The highest BCUT2D eigenvalue weighted by molar-refractivity contribution is 6.17. The summed E-state index contributed by atoms with van der Waals surface area (Å²) in [5.74, 6) is 0. The Hall–Kier alpha value is -2.94. The lowest BCUT2D eigenvalue weighted by Gasteiger charge is -2.28. The van der Waals surface area contributed by atoms with Crippen molar-refractivity contribution in [1.82, 2.24) is 4.90 Å². The average molecular weight is 328 g/mol. The highest BCUT2D eigenvalue weighted by Crippen LogP contribution is 2.41. The van der Waals surface area contributed by atoms with E-state index in [4.69, 9.17) is 4.42 Å². The van der Waals surface area contributed by atoms with Crippen molar-refractivity contribution in [2.45, 2.75) is 20.0 Å². The number of nitrogens with zero attached hydrogens (tertiary/aromatic N) is 2. The van der Waals surface area contributed by atoms with E-state index in [9.17, 15) is 0 Å². The summed E-state index contributed by atoms with van der Waals surface area (Å²) in [5.41, 5.74) is 4.33. The van der Waals surface area contributed by atoms with Gasteiger partial charge in [-0.2, -0.15) is 0 Å². The molecule has 0 radical (unpaired) electrons. The van der Waals surface area contributed by atoms with Gasteiger partial charge in [-0.05, 0) is 30.9 Å². The molecule has 3 heteroatoms. The van der Waals surface area contributed by atoms with Gasteiger partial charge in [0.15, 0.2) is 5.58 Å². The maximum atomic E-state index is 6.48. The van der Waals surface area contributed by atoms with E-state index in [1.165, 1.54) is 27.1 Å². The third-order valence-corrected chi connectivity index (χ3v) is 5.42. The van der Waals surface area contributed by atoms with E-state index in [2.05, 4.69) is 91.6 Å². The predicted molar refractivity (Wildman–Crippen MR) is 105 cm³/mol. The number of hydrogen-bond donors (Lipinski definition) is 0. The zero-order chi connectivity index (χ0) is 17.1. The maximum absolute atomic E-state index is 6.48. The van der Waals surface area contributed by atoms with Gasteiger partial charge in [0.1, 0.15) is 11.7 Å².